The Balaban J connectivity index is 1.30. The topological polar surface area (TPSA) is 113 Å². The average molecular weight is 449 g/mol. The monoisotopic (exact) mass is 448 g/mol. The molecule has 3 heterocycles. The van der Waals surface area contributed by atoms with E-state index in [9.17, 15) is 5.11 Å². The number of likely N-dealkylation sites (tertiary alicyclic amines) is 1. The van der Waals surface area contributed by atoms with Gasteiger partial charge in [0.2, 0.25) is 0 Å². The molecule has 0 amide bonds. The lowest BCUT2D eigenvalue weighted by Crippen LogP contribution is -2.43. The number of hydrogen-bond donors (Lipinski definition) is 4. The molecule has 1 aromatic heterocycles. The van der Waals surface area contributed by atoms with Gasteiger partial charge in [-0.3, -0.25) is 5.41 Å². The van der Waals surface area contributed by atoms with E-state index in [1.165, 1.54) is 37.9 Å². The van der Waals surface area contributed by atoms with Crippen LogP contribution < -0.4 is 20.7 Å². The number of piperidine rings is 1. The molecule has 0 saturated carbocycles. The first kappa shape index (κ1) is 21.4. The van der Waals surface area contributed by atoms with Crippen molar-refractivity contribution < 1.29 is 9.84 Å². The maximum Gasteiger partial charge on any atom is 0.161 e. The summed E-state index contributed by atoms with van der Waals surface area (Å²) in [6.07, 6.45) is 3.80. The number of hydrogen-bond acceptors (Lipinski definition) is 9. The molecule has 0 bridgehead atoms. The van der Waals surface area contributed by atoms with E-state index in [1.54, 1.807) is 16.2 Å². The largest absolute Gasteiger partial charge is 0.504 e. The SMILES string of the molecule is COc1cc2c(N3NN(Nc4ccc(C5CCN(C)CC5)cc4)CC3=N)ncnc2cc1O. The molecule has 2 aromatic carbocycles. The second-order valence-electron chi connectivity index (χ2n) is 8.52. The van der Waals surface area contributed by atoms with Gasteiger partial charge in [-0.2, -0.15) is 0 Å². The van der Waals surface area contributed by atoms with Crippen molar-refractivity contribution in [3.05, 3.63) is 48.3 Å². The van der Waals surface area contributed by atoms with E-state index in [-0.39, 0.29) is 5.75 Å². The molecule has 2 aliphatic rings. The number of methoxy groups -OCH3 is 1. The predicted molar refractivity (Wildman–Crippen MR) is 127 cm³/mol. The fourth-order valence-electron chi connectivity index (χ4n) is 4.40. The van der Waals surface area contributed by atoms with E-state index in [4.69, 9.17) is 10.1 Å². The van der Waals surface area contributed by atoms with Crippen molar-refractivity contribution in [3.63, 3.8) is 0 Å². The maximum absolute atomic E-state index is 10.1. The zero-order chi connectivity index (χ0) is 22.9. The molecule has 0 aliphatic carbocycles. The van der Waals surface area contributed by atoms with Crippen LogP contribution in [0.5, 0.6) is 11.5 Å². The highest BCUT2D eigenvalue weighted by molar-refractivity contribution is 6.04. The third-order valence-electron chi connectivity index (χ3n) is 6.29. The molecule has 10 heteroatoms. The standard InChI is InChI=1S/C23H28N8O2/c1-29-9-7-16(8-10-29)15-3-5-17(6-4-15)27-30-13-22(24)31(28-30)23-18-11-21(33-2)20(32)12-19(18)25-14-26-23/h3-6,11-12,14,16,24,27-28,32H,7-10,13H2,1-2H3. The van der Waals surface area contributed by atoms with E-state index in [0.29, 0.717) is 40.8 Å². The van der Waals surface area contributed by atoms with Crippen molar-refractivity contribution in [3.8, 4) is 11.5 Å². The highest BCUT2D eigenvalue weighted by Gasteiger charge is 2.28. The summed E-state index contributed by atoms with van der Waals surface area (Å²) in [7, 11) is 3.67. The Bertz CT molecular complexity index is 1160. The maximum atomic E-state index is 10.1. The van der Waals surface area contributed by atoms with Crippen LogP contribution >= 0.6 is 0 Å². The summed E-state index contributed by atoms with van der Waals surface area (Å²) in [5.41, 5.74) is 9.35. The molecule has 0 unspecified atom stereocenters. The number of benzene rings is 2. The normalized spacial score (nSPS) is 18.2. The van der Waals surface area contributed by atoms with Gasteiger partial charge >= 0.3 is 0 Å². The molecule has 2 aliphatic heterocycles. The summed E-state index contributed by atoms with van der Waals surface area (Å²) in [6, 6.07) is 11.7. The molecule has 172 valence electrons. The van der Waals surface area contributed by atoms with Gasteiger partial charge in [-0.05, 0) is 62.7 Å². The van der Waals surface area contributed by atoms with Gasteiger partial charge in [0.15, 0.2) is 17.3 Å². The second kappa shape index (κ2) is 8.81. The van der Waals surface area contributed by atoms with Crippen molar-refractivity contribution in [1.82, 2.24) is 25.5 Å². The van der Waals surface area contributed by atoms with E-state index in [0.717, 1.165) is 18.8 Å². The van der Waals surface area contributed by atoms with Crippen LogP contribution in [-0.2, 0) is 0 Å². The Kier molecular flexibility index (Phi) is 5.71. The molecule has 10 nitrogen and oxygen atoms in total. The number of amidine groups is 1. The summed E-state index contributed by atoms with van der Waals surface area (Å²) in [4.78, 5) is 11.0. The van der Waals surface area contributed by atoms with Gasteiger partial charge in [0.25, 0.3) is 0 Å². The average Bonchev–Trinajstić information content (AvgIpc) is 3.18. The fourth-order valence-corrected chi connectivity index (χ4v) is 4.40. The van der Waals surface area contributed by atoms with Gasteiger partial charge in [-0.15, -0.1) is 10.7 Å². The minimum absolute atomic E-state index is 0.00564. The number of phenols is 1. The van der Waals surface area contributed by atoms with Crippen LogP contribution in [0.15, 0.2) is 42.7 Å². The number of aromatic nitrogens is 2. The number of hydrazine groups is 3. The number of aromatic hydroxyl groups is 1. The number of anilines is 2. The molecule has 2 saturated heterocycles. The van der Waals surface area contributed by atoms with E-state index in [2.05, 4.69) is 57.1 Å². The van der Waals surface area contributed by atoms with Gasteiger partial charge < -0.3 is 20.2 Å². The van der Waals surface area contributed by atoms with Crippen molar-refractivity contribution in [1.29, 1.82) is 5.41 Å². The van der Waals surface area contributed by atoms with E-state index < -0.39 is 0 Å². The molecule has 0 radical (unpaired) electrons. The lowest BCUT2D eigenvalue weighted by molar-refractivity contribution is 0.255. The Morgan fingerprint density at radius 2 is 1.91 bits per heavy atom. The Morgan fingerprint density at radius 3 is 2.64 bits per heavy atom. The molecule has 5 rings (SSSR count). The minimum Gasteiger partial charge on any atom is -0.504 e. The zero-order valence-corrected chi connectivity index (χ0v) is 18.7. The summed E-state index contributed by atoms with van der Waals surface area (Å²) in [5.74, 6) is 1.77. The van der Waals surface area contributed by atoms with Crippen LogP contribution in [0.1, 0.15) is 24.3 Å². The third kappa shape index (κ3) is 4.28. The van der Waals surface area contributed by atoms with Gasteiger partial charge in [-0.25, -0.2) is 15.0 Å². The molecule has 3 aromatic rings. The van der Waals surface area contributed by atoms with Crippen molar-refractivity contribution in [2.24, 2.45) is 0 Å². The lowest BCUT2D eigenvalue weighted by Gasteiger charge is -2.29. The number of rotatable bonds is 5. The highest BCUT2D eigenvalue weighted by atomic mass is 16.5. The van der Waals surface area contributed by atoms with Crippen LogP contribution in [0.25, 0.3) is 10.9 Å². The first-order valence-electron chi connectivity index (χ1n) is 11.0. The van der Waals surface area contributed by atoms with Crippen LogP contribution in [-0.4, -0.2) is 64.7 Å². The summed E-state index contributed by atoms with van der Waals surface area (Å²) >= 11 is 0. The van der Waals surface area contributed by atoms with Crippen LogP contribution in [0.3, 0.4) is 0 Å². The number of nitrogens with zero attached hydrogens (tertiary/aromatic N) is 5. The third-order valence-corrected chi connectivity index (χ3v) is 6.29. The molecular weight excluding hydrogens is 420 g/mol. The minimum atomic E-state index is 0.00564. The Hall–Kier alpha value is -3.47. The molecule has 2 fully saturated rings. The van der Waals surface area contributed by atoms with Gasteiger partial charge in [0.05, 0.1) is 24.9 Å². The highest BCUT2D eigenvalue weighted by Crippen LogP contribution is 2.34. The molecule has 0 spiro atoms. The Labute approximate surface area is 192 Å². The zero-order valence-electron chi connectivity index (χ0n) is 18.7. The van der Waals surface area contributed by atoms with Gasteiger partial charge in [0, 0.05) is 11.5 Å². The number of nitrogens with one attached hydrogen (secondary N) is 3. The molecule has 0 atom stereocenters. The van der Waals surface area contributed by atoms with Crippen LogP contribution in [0, 0.1) is 5.41 Å². The molecule has 33 heavy (non-hydrogen) atoms. The second-order valence-corrected chi connectivity index (χ2v) is 8.52. The number of phenolic OH excluding ortho intramolecular Hbond substituents is 1. The van der Waals surface area contributed by atoms with Gasteiger partial charge in [-0.1, -0.05) is 12.1 Å². The predicted octanol–water partition coefficient (Wildman–Crippen LogP) is 2.70. The Morgan fingerprint density at radius 1 is 1.15 bits per heavy atom. The molecule has 4 N–H and O–H groups in total. The van der Waals surface area contributed by atoms with Crippen molar-refractivity contribution in [2.75, 3.05) is 44.2 Å². The van der Waals surface area contributed by atoms with Crippen LogP contribution in [0.4, 0.5) is 11.5 Å². The summed E-state index contributed by atoms with van der Waals surface area (Å²) in [5, 5.41) is 22.5. The van der Waals surface area contributed by atoms with Crippen molar-refractivity contribution >= 4 is 28.2 Å². The quantitative estimate of drug-likeness (QED) is 0.468. The lowest BCUT2D eigenvalue weighted by atomic mass is 9.89. The number of ether oxygens (including phenoxy) is 1. The van der Waals surface area contributed by atoms with Crippen molar-refractivity contribution in [2.45, 2.75) is 18.8 Å². The fraction of sp³-hybridized carbons (Fsp3) is 0.348. The summed E-state index contributed by atoms with van der Waals surface area (Å²) in [6.45, 7) is 2.62. The first-order chi connectivity index (χ1) is 16.0. The smallest absolute Gasteiger partial charge is 0.161 e. The van der Waals surface area contributed by atoms with E-state index >= 15 is 0 Å². The van der Waals surface area contributed by atoms with Crippen LogP contribution in [0.2, 0.25) is 0 Å². The summed E-state index contributed by atoms with van der Waals surface area (Å²) < 4.78 is 5.23. The number of fused-ring (bicyclic) bond motifs is 1. The molecular formula is C23H28N8O2. The first-order valence-corrected chi connectivity index (χ1v) is 11.0. The van der Waals surface area contributed by atoms with E-state index in [1.807, 2.05) is 0 Å². The van der Waals surface area contributed by atoms with Gasteiger partial charge in [0.1, 0.15) is 12.2 Å².